The number of nitrogens with zero attached hydrogens (tertiary/aromatic N) is 1. The molecule has 0 fully saturated rings. The molecule has 0 aromatic rings. The summed E-state index contributed by atoms with van der Waals surface area (Å²) in [6.45, 7) is 4.22. The number of nitrogens with two attached hydrogens (primary N) is 1. The molecule has 0 aliphatic rings. The van der Waals surface area contributed by atoms with Crippen LogP contribution in [0.25, 0.3) is 0 Å². The quantitative estimate of drug-likeness (QED) is 0.708. The van der Waals surface area contributed by atoms with E-state index in [4.69, 9.17) is 5.73 Å². The number of rotatable bonds is 4. The van der Waals surface area contributed by atoms with Crippen LogP contribution in [0, 0.1) is 5.92 Å². The van der Waals surface area contributed by atoms with Crippen molar-refractivity contribution in [2.24, 2.45) is 11.7 Å². The molecule has 0 saturated heterocycles. The van der Waals surface area contributed by atoms with E-state index in [2.05, 4.69) is 5.32 Å². The first-order valence-corrected chi connectivity index (χ1v) is 4.15. The van der Waals surface area contributed by atoms with Crippen LogP contribution in [0.3, 0.4) is 0 Å². The summed E-state index contributed by atoms with van der Waals surface area (Å²) in [5.74, 6) is 0.0756. The molecule has 0 aliphatic heterocycles. The van der Waals surface area contributed by atoms with Crippen LogP contribution < -0.4 is 11.1 Å². The summed E-state index contributed by atoms with van der Waals surface area (Å²) in [4.78, 5) is 12.9. The summed E-state index contributed by atoms with van der Waals surface area (Å²) in [6.07, 6.45) is -0.104. The second kappa shape index (κ2) is 9.52. The highest BCUT2D eigenvalue weighted by Crippen LogP contribution is 1.90. The normalized spacial score (nSPS) is 11.6. The summed E-state index contributed by atoms with van der Waals surface area (Å²) in [6, 6.07) is 0. The van der Waals surface area contributed by atoms with Crippen molar-refractivity contribution < 1.29 is 4.79 Å². The third kappa shape index (κ3) is 8.56. The van der Waals surface area contributed by atoms with Crippen molar-refractivity contribution in [3.05, 3.63) is 0 Å². The van der Waals surface area contributed by atoms with E-state index in [-0.39, 0.29) is 42.8 Å². The number of amides is 1. The van der Waals surface area contributed by atoms with Crippen molar-refractivity contribution in [3.63, 3.8) is 0 Å². The molecule has 3 N–H and O–H groups in total. The molecule has 1 atom stereocenters. The Morgan fingerprint density at radius 1 is 1.36 bits per heavy atom. The second-order valence-electron chi connectivity index (χ2n) is 3.43. The molecule has 0 saturated carbocycles. The number of halogens is 2. The van der Waals surface area contributed by atoms with E-state index < -0.39 is 0 Å². The van der Waals surface area contributed by atoms with Gasteiger partial charge in [-0.1, -0.05) is 13.8 Å². The molecule has 0 aliphatic carbocycles. The first kappa shape index (κ1) is 19.5. The van der Waals surface area contributed by atoms with Crippen LogP contribution in [0.1, 0.15) is 13.8 Å². The summed E-state index contributed by atoms with van der Waals surface area (Å²) < 4.78 is 0. The summed E-state index contributed by atoms with van der Waals surface area (Å²) in [7, 11) is 3.76. The maximum absolute atomic E-state index is 11.1. The van der Waals surface area contributed by atoms with E-state index >= 15 is 0 Å². The van der Waals surface area contributed by atoms with Gasteiger partial charge in [0.1, 0.15) is 0 Å². The first-order valence-electron chi connectivity index (χ1n) is 4.15. The zero-order chi connectivity index (χ0) is 9.72. The number of likely N-dealkylation sites (N-methyl/N-ethyl adjacent to an activating group) is 1. The highest BCUT2D eigenvalue weighted by molar-refractivity contribution is 5.85. The van der Waals surface area contributed by atoms with Gasteiger partial charge in [-0.3, -0.25) is 9.69 Å². The maximum atomic E-state index is 11.1. The largest absolute Gasteiger partial charge is 0.353 e. The van der Waals surface area contributed by atoms with Gasteiger partial charge in [-0.2, -0.15) is 0 Å². The standard InChI is InChI=1S/C8H19N3O.2ClH/c1-6(2)8(12)10-5-7(9)11(3)4;;/h6-7H,5,9H2,1-4H3,(H,10,12);2*1H. The molecule has 1 unspecified atom stereocenters. The monoisotopic (exact) mass is 245 g/mol. The molecule has 0 radical (unpaired) electrons. The molecule has 0 rings (SSSR count). The van der Waals surface area contributed by atoms with Crippen LogP contribution in [0.15, 0.2) is 0 Å². The van der Waals surface area contributed by atoms with E-state index in [0.717, 1.165) is 0 Å². The van der Waals surface area contributed by atoms with Crippen molar-refractivity contribution in [1.29, 1.82) is 0 Å². The van der Waals surface area contributed by atoms with Gasteiger partial charge in [0.05, 0.1) is 6.17 Å². The van der Waals surface area contributed by atoms with E-state index in [1.807, 2.05) is 32.8 Å². The summed E-state index contributed by atoms with van der Waals surface area (Å²) in [5.41, 5.74) is 5.68. The van der Waals surface area contributed by atoms with Crippen molar-refractivity contribution in [3.8, 4) is 0 Å². The number of hydrogen-bond acceptors (Lipinski definition) is 3. The van der Waals surface area contributed by atoms with Gasteiger partial charge in [0.25, 0.3) is 0 Å². The first-order chi connectivity index (χ1) is 5.45. The van der Waals surface area contributed by atoms with Gasteiger partial charge in [-0.05, 0) is 14.1 Å². The molecule has 1 amide bonds. The van der Waals surface area contributed by atoms with Crippen molar-refractivity contribution in [1.82, 2.24) is 10.2 Å². The van der Waals surface area contributed by atoms with Crippen LogP contribution in [0.5, 0.6) is 0 Å². The van der Waals surface area contributed by atoms with Crippen LogP contribution in [0.2, 0.25) is 0 Å². The third-order valence-corrected chi connectivity index (χ3v) is 1.67. The fourth-order valence-electron chi connectivity index (χ4n) is 0.592. The van der Waals surface area contributed by atoms with Gasteiger partial charge in [-0.25, -0.2) is 0 Å². The molecule has 14 heavy (non-hydrogen) atoms. The molecule has 0 bridgehead atoms. The van der Waals surface area contributed by atoms with Crippen LogP contribution >= 0.6 is 24.8 Å². The Morgan fingerprint density at radius 2 is 1.79 bits per heavy atom. The Kier molecular flexibility index (Phi) is 13.3. The zero-order valence-corrected chi connectivity index (χ0v) is 10.7. The SMILES string of the molecule is CC(C)C(=O)NCC(N)N(C)C.Cl.Cl. The Morgan fingerprint density at radius 3 is 2.07 bits per heavy atom. The average Bonchev–Trinajstić information content (AvgIpc) is 1.98. The molecule has 4 nitrogen and oxygen atoms in total. The number of nitrogens with one attached hydrogen (secondary N) is 1. The van der Waals surface area contributed by atoms with Crippen molar-refractivity contribution >= 4 is 30.7 Å². The van der Waals surface area contributed by atoms with Crippen molar-refractivity contribution in [2.45, 2.75) is 20.0 Å². The average molecular weight is 246 g/mol. The molecule has 0 heterocycles. The lowest BCUT2D eigenvalue weighted by Crippen LogP contribution is -2.46. The molecule has 88 valence electrons. The molecule has 0 spiro atoms. The van der Waals surface area contributed by atoms with E-state index in [1.54, 1.807) is 0 Å². The lowest BCUT2D eigenvalue weighted by Gasteiger charge is -2.20. The lowest BCUT2D eigenvalue weighted by molar-refractivity contribution is -0.124. The minimum absolute atomic E-state index is 0. The van der Waals surface area contributed by atoms with Gasteiger partial charge in [0, 0.05) is 12.5 Å². The second-order valence-corrected chi connectivity index (χ2v) is 3.43. The topological polar surface area (TPSA) is 58.4 Å². The van der Waals surface area contributed by atoms with Crippen LogP contribution in [-0.4, -0.2) is 37.6 Å². The molecular weight excluding hydrogens is 225 g/mol. The van der Waals surface area contributed by atoms with Crippen LogP contribution in [0.4, 0.5) is 0 Å². The highest BCUT2D eigenvalue weighted by Gasteiger charge is 2.09. The fourth-order valence-corrected chi connectivity index (χ4v) is 0.592. The molecule has 0 aromatic carbocycles. The Balaban J connectivity index is -0.000000605. The van der Waals surface area contributed by atoms with Gasteiger partial charge >= 0.3 is 0 Å². The summed E-state index contributed by atoms with van der Waals surface area (Å²) >= 11 is 0. The zero-order valence-electron chi connectivity index (χ0n) is 9.11. The third-order valence-electron chi connectivity index (χ3n) is 1.67. The molecule has 0 aromatic heterocycles. The Bertz CT molecular complexity index is 154. The van der Waals surface area contributed by atoms with Crippen LogP contribution in [-0.2, 0) is 4.79 Å². The van der Waals surface area contributed by atoms with E-state index in [1.165, 1.54) is 0 Å². The number of carbonyl (C=O) groups excluding carboxylic acids is 1. The Hall–Kier alpha value is -0.0300. The fraction of sp³-hybridized carbons (Fsp3) is 0.875. The van der Waals surface area contributed by atoms with E-state index in [0.29, 0.717) is 6.54 Å². The number of hydrogen-bond donors (Lipinski definition) is 2. The molecule has 6 heteroatoms. The lowest BCUT2D eigenvalue weighted by atomic mass is 10.2. The Labute approximate surface area is 98.4 Å². The van der Waals surface area contributed by atoms with Gasteiger partial charge in [0.2, 0.25) is 5.91 Å². The van der Waals surface area contributed by atoms with Gasteiger partial charge in [-0.15, -0.1) is 24.8 Å². The highest BCUT2D eigenvalue weighted by atomic mass is 35.5. The van der Waals surface area contributed by atoms with Gasteiger partial charge in [0.15, 0.2) is 0 Å². The maximum Gasteiger partial charge on any atom is 0.222 e. The minimum atomic E-state index is -0.104. The van der Waals surface area contributed by atoms with Gasteiger partial charge < -0.3 is 11.1 Å². The molecular formula is C8H21Cl2N3O. The smallest absolute Gasteiger partial charge is 0.222 e. The number of carbonyl (C=O) groups is 1. The predicted octanol–water partition coefficient (Wildman–Crippen LogP) is 0.449. The van der Waals surface area contributed by atoms with E-state index in [9.17, 15) is 4.79 Å². The minimum Gasteiger partial charge on any atom is -0.353 e. The van der Waals surface area contributed by atoms with Crippen molar-refractivity contribution in [2.75, 3.05) is 20.6 Å². The predicted molar refractivity (Wildman–Crippen MR) is 64.0 cm³/mol. The summed E-state index contributed by atoms with van der Waals surface area (Å²) in [5, 5.41) is 2.76.